The van der Waals surface area contributed by atoms with Gasteiger partial charge in [-0.05, 0) is 49.8 Å². The van der Waals surface area contributed by atoms with E-state index in [1.54, 1.807) is 0 Å². The van der Waals surface area contributed by atoms with E-state index in [9.17, 15) is 0 Å². The third-order valence-electron chi connectivity index (χ3n) is 4.22. The normalized spacial score (nSPS) is 31.2. The Morgan fingerprint density at radius 1 is 1.20 bits per heavy atom. The molecule has 0 radical (unpaired) electrons. The minimum absolute atomic E-state index is 0.760. The first-order valence-electron chi connectivity index (χ1n) is 6.66. The van der Waals surface area contributed by atoms with E-state index < -0.39 is 0 Å². The zero-order valence-electron chi connectivity index (χ0n) is 9.99. The molecule has 0 N–H and O–H groups in total. The molecule has 2 atom stereocenters. The van der Waals surface area contributed by atoms with Gasteiger partial charge in [0, 0.05) is 12.6 Å². The maximum atomic E-state index is 4.40. The Hall–Kier alpha value is 0.310. The van der Waals surface area contributed by atoms with Crippen LogP contribution in [0.4, 0.5) is 0 Å². The molecular formula is C13H25NS. The second-order valence-corrected chi connectivity index (χ2v) is 5.90. The fraction of sp³-hybridized carbons (Fsp3) is 1.00. The number of likely N-dealkylation sites (tertiary alicyclic amines) is 1. The average Bonchev–Trinajstić information content (AvgIpc) is 2.86. The molecule has 1 saturated heterocycles. The minimum atomic E-state index is 0.760. The van der Waals surface area contributed by atoms with E-state index in [0.717, 1.165) is 23.6 Å². The second-order valence-electron chi connectivity index (χ2n) is 5.54. The third-order valence-corrected chi connectivity index (χ3v) is 4.84. The first-order chi connectivity index (χ1) is 7.31. The molecule has 0 bridgehead atoms. The number of hydrogen-bond acceptors (Lipinski definition) is 2. The van der Waals surface area contributed by atoms with Gasteiger partial charge in [-0.15, -0.1) is 0 Å². The van der Waals surface area contributed by atoms with Gasteiger partial charge >= 0.3 is 0 Å². The Kier molecular flexibility index (Phi) is 4.39. The summed E-state index contributed by atoms with van der Waals surface area (Å²) in [6, 6.07) is 0.926. The van der Waals surface area contributed by atoms with Crippen LogP contribution in [0.3, 0.4) is 0 Å². The summed E-state index contributed by atoms with van der Waals surface area (Å²) < 4.78 is 0. The van der Waals surface area contributed by atoms with Crippen molar-refractivity contribution in [2.45, 2.75) is 51.5 Å². The van der Waals surface area contributed by atoms with Crippen molar-refractivity contribution >= 4 is 12.6 Å². The molecule has 1 nitrogen and oxygen atoms in total. The van der Waals surface area contributed by atoms with E-state index in [4.69, 9.17) is 0 Å². The quantitative estimate of drug-likeness (QED) is 0.722. The Bertz CT molecular complexity index is 189. The van der Waals surface area contributed by atoms with Crippen LogP contribution in [0.2, 0.25) is 0 Å². The Labute approximate surface area is 100 Å². The van der Waals surface area contributed by atoms with Gasteiger partial charge in [0.15, 0.2) is 0 Å². The highest BCUT2D eigenvalue weighted by atomic mass is 32.1. The summed E-state index contributed by atoms with van der Waals surface area (Å²) in [4.78, 5) is 2.76. The molecule has 0 aromatic heterocycles. The predicted octanol–water partition coefficient (Wildman–Crippen LogP) is 3.21. The van der Waals surface area contributed by atoms with Gasteiger partial charge in [-0.3, -0.25) is 4.90 Å². The van der Waals surface area contributed by atoms with E-state index in [1.165, 1.54) is 51.6 Å². The zero-order valence-corrected chi connectivity index (χ0v) is 10.9. The van der Waals surface area contributed by atoms with Crippen molar-refractivity contribution in [3.63, 3.8) is 0 Å². The van der Waals surface area contributed by atoms with Gasteiger partial charge in [0.2, 0.25) is 0 Å². The van der Waals surface area contributed by atoms with Crippen LogP contribution in [0.25, 0.3) is 0 Å². The predicted molar refractivity (Wildman–Crippen MR) is 69.6 cm³/mol. The Balaban J connectivity index is 1.86. The summed E-state index contributed by atoms with van der Waals surface area (Å²) >= 11 is 4.40. The van der Waals surface area contributed by atoms with Crippen molar-refractivity contribution in [2.75, 3.05) is 18.8 Å². The smallest absolute Gasteiger partial charge is 0.0124 e. The van der Waals surface area contributed by atoms with Crippen molar-refractivity contribution in [2.24, 2.45) is 11.8 Å². The minimum Gasteiger partial charge on any atom is -0.300 e. The molecule has 2 heteroatoms. The molecule has 0 spiro atoms. The maximum absolute atomic E-state index is 4.40. The molecule has 1 saturated carbocycles. The van der Waals surface area contributed by atoms with Gasteiger partial charge in [-0.25, -0.2) is 0 Å². The number of nitrogens with zero attached hydrogens (tertiary/aromatic N) is 1. The van der Waals surface area contributed by atoms with Crippen molar-refractivity contribution < 1.29 is 0 Å². The van der Waals surface area contributed by atoms with Gasteiger partial charge in [0.05, 0.1) is 0 Å². The molecule has 2 aliphatic rings. The first kappa shape index (κ1) is 11.8. The molecule has 0 aromatic carbocycles. The summed E-state index contributed by atoms with van der Waals surface area (Å²) in [7, 11) is 0. The molecule has 1 aliphatic heterocycles. The fourth-order valence-electron chi connectivity index (χ4n) is 3.41. The third kappa shape index (κ3) is 2.91. The summed E-state index contributed by atoms with van der Waals surface area (Å²) in [6.07, 6.45) is 8.85. The number of rotatable bonds is 4. The van der Waals surface area contributed by atoms with Gasteiger partial charge in [-0.2, -0.15) is 12.6 Å². The van der Waals surface area contributed by atoms with Crippen LogP contribution >= 0.6 is 12.6 Å². The number of hydrogen-bond donors (Lipinski definition) is 1. The lowest BCUT2D eigenvalue weighted by Crippen LogP contribution is -2.37. The van der Waals surface area contributed by atoms with Crippen LogP contribution in [0, 0.1) is 11.8 Å². The molecule has 2 fully saturated rings. The van der Waals surface area contributed by atoms with Crippen molar-refractivity contribution in [1.29, 1.82) is 0 Å². The molecule has 2 unspecified atom stereocenters. The lowest BCUT2D eigenvalue weighted by molar-refractivity contribution is 0.174. The SMILES string of the molecule is CC(CS)CN1CCCC1C1CCCC1. The highest BCUT2D eigenvalue weighted by Crippen LogP contribution is 2.35. The van der Waals surface area contributed by atoms with E-state index in [1.807, 2.05) is 0 Å². The molecule has 1 aliphatic carbocycles. The van der Waals surface area contributed by atoms with E-state index in [2.05, 4.69) is 24.5 Å². The van der Waals surface area contributed by atoms with Crippen LogP contribution in [-0.2, 0) is 0 Å². The summed E-state index contributed by atoms with van der Waals surface area (Å²) in [5.74, 6) is 2.82. The zero-order chi connectivity index (χ0) is 10.7. The molecular weight excluding hydrogens is 202 g/mol. The summed E-state index contributed by atoms with van der Waals surface area (Å²) in [5.41, 5.74) is 0. The summed E-state index contributed by atoms with van der Waals surface area (Å²) in [5, 5.41) is 0. The van der Waals surface area contributed by atoms with Crippen LogP contribution in [-0.4, -0.2) is 29.8 Å². The second kappa shape index (κ2) is 5.58. The molecule has 15 heavy (non-hydrogen) atoms. The molecule has 1 heterocycles. The average molecular weight is 227 g/mol. The van der Waals surface area contributed by atoms with Crippen LogP contribution < -0.4 is 0 Å². The highest BCUT2D eigenvalue weighted by molar-refractivity contribution is 7.80. The lowest BCUT2D eigenvalue weighted by Gasteiger charge is -2.31. The molecule has 2 rings (SSSR count). The summed E-state index contributed by atoms with van der Waals surface area (Å²) in [6.45, 7) is 4.96. The van der Waals surface area contributed by atoms with Gasteiger partial charge in [0.25, 0.3) is 0 Å². The Morgan fingerprint density at radius 2 is 1.93 bits per heavy atom. The number of thiol groups is 1. The van der Waals surface area contributed by atoms with Gasteiger partial charge in [-0.1, -0.05) is 19.8 Å². The monoisotopic (exact) mass is 227 g/mol. The maximum Gasteiger partial charge on any atom is 0.0124 e. The largest absolute Gasteiger partial charge is 0.300 e. The molecule has 0 amide bonds. The van der Waals surface area contributed by atoms with Crippen molar-refractivity contribution in [3.05, 3.63) is 0 Å². The van der Waals surface area contributed by atoms with Crippen LogP contribution in [0.1, 0.15) is 45.4 Å². The molecule has 0 aromatic rings. The topological polar surface area (TPSA) is 3.24 Å². The van der Waals surface area contributed by atoms with Crippen LogP contribution in [0.15, 0.2) is 0 Å². The van der Waals surface area contributed by atoms with Gasteiger partial charge in [0.1, 0.15) is 0 Å². The van der Waals surface area contributed by atoms with Crippen molar-refractivity contribution in [1.82, 2.24) is 4.90 Å². The van der Waals surface area contributed by atoms with E-state index >= 15 is 0 Å². The highest BCUT2D eigenvalue weighted by Gasteiger charge is 2.33. The Morgan fingerprint density at radius 3 is 2.60 bits per heavy atom. The lowest BCUT2D eigenvalue weighted by atomic mass is 9.95. The van der Waals surface area contributed by atoms with Gasteiger partial charge < -0.3 is 0 Å². The fourth-order valence-corrected chi connectivity index (χ4v) is 3.53. The first-order valence-corrected chi connectivity index (χ1v) is 7.29. The standard InChI is InChI=1S/C13H25NS/c1-11(10-15)9-14-8-4-7-13(14)12-5-2-3-6-12/h11-13,15H,2-10H2,1H3. The molecule has 88 valence electrons. The van der Waals surface area contributed by atoms with Crippen molar-refractivity contribution in [3.8, 4) is 0 Å². The van der Waals surface area contributed by atoms with E-state index in [0.29, 0.717) is 0 Å². The van der Waals surface area contributed by atoms with Crippen LogP contribution in [0.5, 0.6) is 0 Å². The van der Waals surface area contributed by atoms with E-state index in [-0.39, 0.29) is 0 Å².